The number of aromatic nitrogens is 1. The molecular formula is C18H18N2O. The van der Waals surface area contributed by atoms with E-state index in [4.69, 9.17) is 10.5 Å². The minimum Gasteiger partial charge on any atom is -0.456 e. The third-order valence-electron chi connectivity index (χ3n) is 3.58. The van der Waals surface area contributed by atoms with Crippen LogP contribution >= 0.6 is 0 Å². The van der Waals surface area contributed by atoms with Crippen molar-refractivity contribution < 1.29 is 4.74 Å². The number of pyridine rings is 1. The van der Waals surface area contributed by atoms with Crippen LogP contribution in [-0.4, -0.2) is 4.98 Å². The van der Waals surface area contributed by atoms with Gasteiger partial charge in [-0.2, -0.15) is 0 Å². The number of para-hydroxylation sites is 1. The number of nitrogens with zero attached hydrogens (tertiary/aromatic N) is 1. The molecule has 0 radical (unpaired) electrons. The average molecular weight is 278 g/mol. The van der Waals surface area contributed by atoms with Gasteiger partial charge in [-0.1, -0.05) is 24.3 Å². The summed E-state index contributed by atoms with van der Waals surface area (Å²) in [6, 6.07) is 14.0. The minimum atomic E-state index is 0.542. The van der Waals surface area contributed by atoms with Gasteiger partial charge >= 0.3 is 0 Å². The number of hydrogen-bond donors (Lipinski definition) is 1. The van der Waals surface area contributed by atoms with Gasteiger partial charge < -0.3 is 10.5 Å². The van der Waals surface area contributed by atoms with Gasteiger partial charge in [0.05, 0.1) is 5.52 Å². The highest BCUT2D eigenvalue weighted by Gasteiger charge is 2.09. The number of rotatable bonds is 3. The monoisotopic (exact) mass is 278 g/mol. The molecule has 3 aromatic rings. The van der Waals surface area contributed by atoms with E-state index in [1.807, 2.05) is 44.2 Å². The molecule has 0 aliphatic rings. The number of nitrogens with two attached hydrogens (primary N) is 1. The van der Waals surface area contributed by atoms with Gasteiger partial charge in [-0.25, -0.2) is 0 Å². The van der Waals surface area contributed by atoms with Gasteiger partial charge in [0.15, 0.2) is 0 Å². The van der Waals surface area contributed by atoms with Crippen LogP contribution in [0.5, 0.6) is 11.5 Å². The van der Waals surface area contributed by atoms with Gasteiger partial charge in [0.25, 0.3) is 0 Å². The van der Waals surface area contributed by atoms with E-state index in [0.29, 0.717) is 6.54 Å². The topological polar surface area (TPSA) is 48.1 Å². The second-order valence-electron chi connectivity index (χ2n) is 5.19. The lowest BCUT2D eigenvalue weighted by atomic mass is 10.1. The van der Waals surface area contributed by atoms with Crippen LogP contribution in [0.2, 0.25) is 0 Å². The van der Waals surface area contributed by atoms with Crippen molar-refractivity contribution in [1.82, 2.24) is 4.98 Å². The third kappa shape index (κ3) is 2.60. The van der Waals surface area contributed by atoms with E-state index in [9.17, 15) is 0 Å². The molecule has 0 spiro atoms. The van der Waals surface area contributed by atoms with E-state index in [1.54, 1.807) is 6.20 Å². The zero-order valence-electron chi connectivity index (χ0n) is 12.3. The van der Waals surface area contributed by atoms with E-state index < -0.39 is 0 Å². The zero-order valence-corrected chi connectivity index (χ0v) is 12.3. The lowest BCUT2D eigenvalue weighted by Gasteiger charge is -2.14. The molecule has 1 aromatic heterocycles. The predicted octanol–water partition coefficient (Wildman–Crippen LogP) is 4.10. The first-order chi connectivity index (χ1) is 10.2. The molecule has 0 amide bonds. The van der Waals surface area contributed by atoms with Gasteiger partial charge in [0, 0.05) is 18.1 Å². The Morgan fingerprint density at radius 2 is 1.76 bits per heavy atom. The highest BCUT2D eigenvalue weighted by molar-refractivity contribution is 5.85. The first-order valence-electron chi connectivity index (χ1n) is 7.01. The molecule has 2 N–H and O–H groups in total. The van der Waals surface area contributed by atoms with Crippen LogP contribution in [0.25, 0.3) is 10.9 Å². The smallest absolute Gasteiger partial charge is 0.138 e. The largest absolute Gasteiger partial charge is 0.456 e. The zero-order chi connectivity index (χ0) is 14.8. The van der Waals surface area contributed by atoms with Crippen LogP contribution < -0.4 is 10.5 Å². The molecule has 0 saturated heterocycles. The SMILES string of the molecule is Cc1cc(CN)cc(C)c1Oc1ccnc2ccccc12. The Morgan fingerprint density at radius 1 is 1.05 bits per heavy atom. The second-order valence-corrected chi connectivity index (χ2v) is 5.19. The summed E-state index contributed by atoms with van der Waals surface area (Å²) in [4.78, 5) is 4.36. The van der Waals surface area contributed by atoms with Crippen molar-refractivity contribution >= 4 is 10.9 Å². The molecule has 0 bridgehead atoms. The summed E-state index contributed by atoms with van der Waals surface area (Å²) in [6.07, 6.45) is 1.77. The summed E-state index contributed by atoms with van der Waals surface area (Å²) in [5.74, 6) is 1.72. The number of benzene rings is 2. The Balaban J connectivity index is 2.07. The molecule has 3 rings (SSSR count). The lowest BCUT2D eigenvalue weighted by Crippen LogP contribution is -1.99. The molecule has 0 saturated carbocycles. The fourth-order valence-corrected chi connectivity index (χ4v) is 2.59. The lowest BCUT2D eigenvalue weighted by molar-refractivity contribution is 0.480. The van der Waals surface area contributed by atoms with Crippen molar-refractivity contribution in [3.05, 3.63) is 65.4 Å². The van der Waals surface area contributed by atoms with Gasteiger partial charge in [0.1, 0.15) is 11.5 Å². The van der Waals surface area contributed by atoms with E-state index in [2.05, 4.69) is 17.1 Å². The van der Waals surface area contributed by atoms with Crippen molar-refractivity contribution in [2.75, 3.05) is 0 Å². The van der Waals surface area contributed by atoms with Crippen molar-refractivity contribution in [2.24, 2.45) is 5.73 Å². The fraction of sp³-hybridized carbons (Fsp3) is 0.167. The molecule has 0 aliphatic carbocycles. The first-order valence-corrected chi connectivity index (χ1v) is 7.01. The van der Waals surface area contributed by atoms with E-state index in [1.165, 1.54) is 0 Å². The highest BCUT2D eigenvalue weighted by atomic mass is 16.5. The van der Waals surface area contributed by atoms with Crippen molar-refractivity contribution in [1.29, 1.82) is 0 Å². The Morgan fingerprint density at radius 3 is 2.48 bits per heavy atom. The van der Waals surface area contributed by atoms with Gasteiger partial charge in [-0.3, -0.25) is 4.98 Å². The van der Waals surface area contributed by atoms with Crippen LogP contribution in [0, 0.1) is 13.8 Å². The summed E-state index contributed by atoms with van der Waals surface area (Å²) in [5.41, 5.74) is 9.96. The Hall–Kier alpha value is -2.39. The summed E-state index contributed by atoms with van der Waals surface area (Å²) in [7, 11) is 0. The molecule has 1 heterocycles. The molecule has 3 nitrogen and oxygen atoms in total. The van der Waals surface area contributed by atoms with Crippen LogP contribution in [0.3, 0.4) is 0 Å². The summed E-state index contributed by atoms with van der Waals surface area (Å²) < 4.78 is 6.17. The molecule has 21 heavy (non-hydrogen) atoms. The number of hydrogen-bond acceptors (Lipinski definition) is 3. The normalized spacial score (nSPS) is 10.8. The maximum absolute atomic E-state index is 6.17. The van der Waals surface area contributed by atoms with Crippen LogP contribution in [0.4, 0.5) is 0 Å². The third-order valence-corrected chi connectivity index (χ3v) is 3.58. The second kappa shape index (κ2) is 5.54. The van der Waals surface area contributed by atoms with Crippen LogP contribution in [-0.2, 0) is 6.54 Å². The van der Waals surface area contributed by atoms with E-state index >= 15 is 0 Å². The summed E-state index contributed by atoms with van der Waals surface area (Å²) >= 11 is 0. The van der Waals surface area contributed by atoms with Crippen molar-refractivity contribution in [2.45, 2.75) is 20.4 Å². The Bertz CT molecular complexity index is 768. The number of aryl methyl sites for hydroxylation is 2. The number of ether oxygens (including phenoxy) is 1. The molecule has 0 fully saturated rings. The molecular weight excluding hydrogens is 260 g/mol. The maximum atomic E-state index is 6.17. The summed E-state index contributed by atoms with van der Waals surface area (Å²) in [6.45, 7) is 4.63. The standard InChI is InChI=1S/C18H18N2O/c1-12-9-14(11-19)10-13(2)18(12)21-17-7-8-20-16-6-4-3-5-15(16)17/h3-10H,11,19H2,1-2H3. The molecule has 0 aliphatic heterocycles. The molecule has 0 unspecified atom stereocenters. The van der Waals surface area contributed by atoms with Gasteiger partial charge in [-0.05, 0) is 48.7 Å². The maximum Gasteiger partial charge on any atom is 0.138 e. The number of fused-ring (bicyclic) bond motifs is 1. The van der Waals surface area contributed by atoms with E-state index in [-0.39, 0.29) is 0 Å². The van der Waals surface area contributed by atoms with Gasteiger partial charge in [0.2, 0.25) is 0 Å². The molecule has 0 atom stereocenters. The van der Waals surface area contributed by atoms with Gasteiger partial charge in [-0.15, -0.1) is 0 Å². The van der Waals surface area contributed by atoms with E-state index in [0.717, 1.165) is 39.1 Å². The average Bonchev–Trinajstić information content (AvgIpc) is 2.50. The van der Waals surface area contributed by atoms with Crippen LogP contribution in [0.1, 0.15) is 16.7 Å². The van der Waals surface area contributed by atoms with Crippen molar-refractivity contribution in [3.63, 3.8) is 0 Å². The molecule has 2 aromatic carbocycles. The Kier molecular flexibility index (Phi) is 3.59. The minimum absolute atomic E-state index is 0.542. The first kappa shape index (κ1) is 13.6. The van der Waals surface area contributed by atoms with Crippen LogP contribution in [0.15, 0.2) is 48.7 Å². The Labute approximate surface area is 124 Å². The molecule has 106 valence electrons. The molecule has 3 heteroatoms. The fourth-order valence-electron chi connectivity index (χ4n) is 2.59. The quantitative estimate of drug-likeness (QED) is 0.784. The van der Waals surface area contributed by atoms with Crippen molar-refractivity contribution in [3.8, 4) is 11.5 Å². The predicted molar refractivity (Wildman–Crippen MR) is 85.6 cm³/mol. The highest BCUT2D eigenvalue weighted by Crippen LogP contribution is 2.33. The summed E-state index contributed by atoms with van der Waals surface area (Å²) in [5, 5.41) is 1.02.